The van der Waals surface area contributed by atoms with Crippen LogP contribution in [0.4, 0.5) is 0 Å². The molecule has 1 amide bonds. The summed E-state index contributed by atoms with van der Waals surface area (Å²) in [7, 11) is 5.41. The molecule has 0 spiro atoms. The van der Waals surface area contributed by atoms with Crippen LogP contribution in [-0.4, -0.2) is 61.7 Å². The van der Waals surface area contributed by atoms with Crippen molar-refractivity contribution in [2.45, 2.75) is 18.6 Å². The van der Waals surface area contributed by atoms with Crippen LogP contribution in [0.3, 0.4) is 0 Å². The summed E-state index contributed by atoms with van der Waals surface area (Å²) in [5.41, 5.74) is 2.72. The van der Waals surface area contributed by atoms with Crippen molar-refractivity contribution in [1.82, 2.24) is 20.2 Å². The Hall–Kier alpha value is -1.97. The number of benzene rings is 1. The van der Waals surface area contributed by atoms with Crippen LogP contribution in [0.15, 0.2) is 24.3 Å². The van der Waals surface area contributed by atoms with Gasteiger partial charge in [-0.05, 0) is 43.3 Å². The molecule has 3 heterocycles. The topological polar surface area (TPSA) is 79.5 Å². The second-order valence-electron chi connectivity index (χ2n) is 7.49. The standard InChI is InChI=1S/C21H25ClN4O3S/c1-26-7-6-18-13(17(10-26)29-3)9-19(30-18)21(27)25-16(11-28-2)20-23-14-5-4-12(22)8-15(14)24-20/h4-5,8-9,16-17H,6-7,10-11H2,1-3H3,(H,23,24)(H,25,27)/t16-,17?/m0/s1. The molecule has 0 radical (unpaired) electrons. The number of likely N-dealkylation sites (N-methyl/N-ethyl adjacent to an activating group) is 1. The maximum Gasteiger partial charge on any atom is 0.262 e. The van der Waals surface area contributed by atoms with Gasteiger partial charge in [-0.3, -0.25) is 4.79 Å². The molecule has 9 heteroatoms. The first-order valence-electron chi connectivity index (χ1n) is 9.77. The molecular weight excluding hydrogens is 424 g/mol. The van der Waals surface area contributed by atoms with Crippen LogP contribution >= 0.6 is 22.9 Å². The Labute approximate surface area is 184 Å². The molecule has 0 saturated carbocycles. The normalized spacial score (nSPS) is 18.2. The SMILES string of the molecule is COC[C@H](NC(=O)c1cc2c(s1)CCN(C)CC2OC)c1nc2cc(Cl)ccc2[nH]1. The molecule has 0 saturated heterocycles. The summed E-state index contributed by atoms with van der Waals surface area (Å²) in [5.74, 6) is 0.494. The van der Waals surface area contributed by atoms with Gasteiger partial charge in [0, 0.05) is 37.2 Å². The van der Waals surface area contributed by atoms with E-state index in [1.807, 2.05) is 12.1 Å². The maximum atomic E-state index is 13.1. The summed E-state index contributed by atoms with van der Waals surface area (Å²) < 4.78 is 11.0. The van der Waals surface area contributed by atoms with E-state index in [9.17, 15) is 4.79 Å². The van der Waals surface area contributed by atoms with Crippen molar-refractivity contribution >= 4 is 39.9 Å². The second-order valence-corrected chi connectivity index (χ2v) is 9.06. The lowest BCUT2D eigenvalue weighted by molar-refractivity contribution is 0.0762. The number of hydrogen-bond donors (Lipinski definition) is 2. The number of methoxy groups -OCH3 is 2. The molecule has 2 aromatic heterocycles. The van der Waals surface area contributed by atoms with Crippen LogP contribution in [0.1, 0.15) is 38.1 Å². The quantitative estimate of drug-likeness (QED) is 0.602. The molecule has 0 fully saturated rings. The molecule has 160 valence electrons. The van der Waals surface area contributed by atoms with E-state index in [1.54, 1.807) is 26.4 Å². The Morgan fingerprint density at radius 3 is 3.03 bits per heavy atom. The first-order valence-corrected chi connectivity index (χ1v) is 11.0. The number of hydrogen-bond acceptors (Lipinski definition) is 6. The van der Waals surface area contributed by atoms with Crippen molar-refractivity contribution in [1.29, 1.82) is 0 Å². The number of nitrogens with one attached hydrogen (secondary N) is 2. The Morgan fingerprint density at radius 1 is 1.43 bits per heavy atom. The summed E-state index contributed by atoms with van der Waals surface area (Å²) in [5, 5.41) is 3.68. The zero-order valence-corrected chi connectivity index (χ0v) is 18.8. The zero-order chi connectivity index (χ0) is 21.3. The average Bonchev–Trinajstić information content (AvgIpc) is 3.30. The van der Waals surface area contributed by atoms with Gasteiger partial charge in [-0.25, -0.2) is 4.98 Å². The third-order valence-electron chi connectivity index (χ3n) is 5.33. The Bertz CT molecular complexity index is 1050. The van der Waals surface area contributed by atoms with Crippen molar-refractivity contribution in [3.8, 4) is 0 Å². The number of nitrogens with zero attached hydrogens (tertiary/aromatic N) is 2. The molecule has 30 heavy (non-hydrogen) atoms. The van der Waals surface area contributed by atoms with E-state index in [2.05, 4.69) is 27.2 Å². The van der Waals surface area contributed by atoms with Gasteiger partial charge in [-0.15, -0.1) is 11.3 Å². The lowest BCUT2D eigenvalue weighted by Gasteiger charge is -2.19. The maximum absolute atomic E-state index is 13.1. The van der Waals surface area contributed by atoms with E-state index >= 15 is 0 Å². The number of H-pyrrole nitrogens is 1. The monoisotopic (exact) mass is 448 g/mol. The van der Waals surface area contributed by atoms with Crippen molar-refractivity contribution in [2.24, 2.45) is 0 Å². The number of fused-ring (bicyclic) bond motifs is 2. The fraction of sp³-hybridized carbons (Fsp3) is 0.429. The molecule has 1 aliphatic rings. The third-order valence-corrected chi connectivity index (χ3v) is 6.77. The number of carbonyl (C=O) groups is 1. The molecule has 2 atom stereocenters. The Morgan fingerprint density at radius 2 is 2.27 bits per heavy atom. The first kappa shape index (κ1) is 21.3. The first-order chi connectivity index (χ1) is 14.5. The number of carbonyl (C=O) groups excluding carboxylic acids is 1. The van der Waals surface area contributed by atoms with Gasteiger partial charge in [0.15, 0.2) is 0 Å². The highest BCUT2D eigenvalue weighted by atomic mass is 35.5. The van der Waals surface area contributed by atoms with E-state index in [4.69, 9.17) is 21.1 Å². The summed E-state index contributed by atoms with van der Waals surface area (Å²) in [4.78, 5) is 25.0. The summed E-state index contributed by atoms with van der Waals surface area (Å²) in [6.45, 7) is 2.06. The predicted octanol–water partition coefficient (Wildman–Crippen LogP) is 3.57. The number of amides is 1. The molecule has 7 nitrogen and oxygen atoms in total. The van der Waals surface area contributed by atoms with Crippen LogP contribution in [-0.2, 0) is 15.9 Å². The van der Waals surface area contributed by atoms with Crippen molar-refractivity contribution in [3.05, 3.63) is 50.4 Å². The minimum Gasteiger partial charge on any atom is -0.382 e. The van der Waals surface area contributed by atoms with Crippen LogP contribution in [0.25, 0.3) is 11.0 Å². The van der Waals surface area contributed by atoms with Gasteiger partial charge in [-0.1, -0.05) is 11.6 Å². The van der Waals surface area contributed by atoms with Crippen molar-refractivity contribution < 1.29 is 14.3 Å². The van der Waals surface area contributed by atoms with E-state index < -0.39 is 6.04 Å². The van der Waals surface area contributed by atoms with Crippen molar-refractivity contribution in [3.63, 3.8) is 0 Å². The summed E-state index contributed by atoms with van der Waals surface area (Å²) >= 11 is 7.60. The minimum absolute atomic E-state index is 0.0276. The van der Waals surface area contributed by atoms with Gasteiger partial charge in [0.25, 0.3) is 5.91 Å². The Kier molecular flexibility index (Phi) is 6.40. The molecule has 0 bridgehead atoms. The number of aromatic nitrogens is 2. The average molecular weight is 449 g/mol. The molecular formula is C21H25ClN4O3S. The van der Waals surface area contributed by atoms with Gasteiger partial charge in [0.1, 0.15) is 11.9 Å². The van der Waals surface area contributed by atoms with Crippen LogP contribution < -0.4 is 5.32 Å². The molecule has 1 aromatic carbocycles. The van der Waals surface area contributed by atoms with Gasteiger partial charge < -0.3 is 24.7 Å². The highest BCUT2D eigenvalue weighted by molar-refractivity contribution is 7.14. The van der Waals surface area contributed by atoms with Crippen molar-refractivity contribution in [2.75, 3.05) is 41.0 Å². The molecule has 2 N–H and O–H groups in total. The van der Waals surface area contributed by atoms with E-state index in [0.29, 0.717) is 22.3 Å². The number of thiophene rings is 1. The minimum atomic E-state index is -0.403. The van der Waals surface area contributed by atoms with Gasteiger partial charge in [-0.2, -0.15) is 0 Å². The molecule has 3 aromatic rings. The van der Waals surface area contributed by atoms with E-state index in [-0.39, 0.29) is 12.0 Å². The van der Waals surface area contributed by atoms with Gasteiger partial charge in [0.05, 0.1) is 28.6 Å². The lowest BCUT2D eigenvalue weighted by Crippen LogP contribution is -2.31. The second kappa shape index (κ2) is 9.03. The number of aromatic amines is 1. The van der Waals surface area contributed by atoms with Gasteiger partial charge in [0.2, 0.25) is 0 Å². The van der Waals surface area contributed by atoms with E-state index in [0.717, 1.165) is 36.1 Å². The molecule has 4 rings (SSSR count). The smallest absolute Gasteiger partial charge is 0.262 e. The van der Waals surface area contributed by atoms with Crippen LogP contribution in [0, 0.1) is 0 Å². The molecule has 1 aliphatic heterocycles. The van der Waals surface area contributed by atoms with Gasteiger partial charge >= 0.3 is 0 Å². The largest absolute Gasteiger partial charge is 0.382 e. The fourth-order valence-corrected chi connectivity index (χ4v) is 5.01. The number of ether oxygens (including phenoxy) is 2. The Balaban J connectivity index is 1.57. The number of halogens is 1. The fourth-order valence-electron chi connectivity index (χ4n) is 3.74. The number of imidazole rings is 1. The van der Waals surface area contributed by atoms with Crippen LogP contribution in [0.2, 0.25) is 5.02 Å². The summed E-state index contributed by atoms with van der Waals surface area (Å²) in [6.07, 6.45) is 0.885. The molecule has 1 unspecified atom stereocenters. The summed E-state index contributed by atoms with van der Waals surface area (Å²) in [6, 6.07) is 7.03. The third kappa shape index (κ3) is 4.38. The highest BCUT2D eigenvalue weighted by Crippen LogP contribution is 2.33. The number of rotatable bonds is 6. The molecule has 0 aliphatic carbocycles. The van der Waals surface area contributed by atoms with Crippen LogP contribution in [0.5, 0.6) is 0 Å². The zero-order valence-electron chi connectivity index (χ0n) is 17.2. The lowest BCUT2D eigenvalue weighted by atomic mass is 10.1. The predicted molar refractivity (Wildman–Crippen MR) is 118 cm³/mol. The highest BCUT2D eigenvalue weighted by Gasteiger charge is 2.27. The van der Waals surface area contributed by atoms with E-state index in [1.165, 1.54) is 16.2 Å².